The SMILES string of the molecule is COc1cc(NP(=O)(OC)OC)ccc1N. The van der Waals surface area contributed by atoms with E-state index in [4.69, 9.17) is 19.5 Å². The van der Waals surface area contributed by atoms with Gasteiger partial charge in [-0.1, -0.05) is 0 Å². The van der Waals surface area contributed by atoms with Crippen molar-refractivity contribution >= 4 is 19.1 Å². The maximum Gasteiger partial charge on any atom is 0.432 e. The zero-order chi connectivity index (χ0) is 12.2. The fraction of sp³-hybridized carbons (Fsp3) is 0.333. The van der Waals surface area contributed by atoms with Crippen molar-refractivity contribution in [1.29, 1.82) is 0 Å². The topological polar surface area (TPSA) is 82.8 Å². The van der Waals surface area contributed by atoms with Crippen LogP contribution in [-0.4, -0.2) is 21.3 Å². The van der Waals surface area contributed by atoms with Crippen LogP contribution in [0, 0.1) is 0 Å². The maximum atomic E-state index is 11.8. The number of nitrogen functional groups attached to an aromatic ring is 1. The summed E-state index contributed by atoms with van der Waals surface area (Å²) in [6.45, 7) is 0. The monoisotopic (exact) mass is 246 g/mol. The third-order valence-corrected chi connectivity index (χ3v) is 3.47. The van der Waals surface area contributed by atoms with Gasteiger partial charge < -0.3 is 10.5 Å². The lowest BCUT2D eigenvalue weighted by Gasteiger charge is -2.16. The molecule has 0 atom stereocenters. The Kier molecular flexibility index (Phi) is 4.18. The number of benzene rings is 1. The summed E-state index contributed by atoms with van der Waals surface area (Å²) in [6, 6.07) is 4.90. The number of anilines is 2. The van der Waals surface area contributed by atoms with Crippen LogP contribution in [-0.2, 0) is 13.6 Å². The molecule has 1 aromatic carbocycles. The molecule has 0 unspecified atom stereocenters. The second-order valence-electron chi connectivity index (χ2n) is 2.93. The van der Waals surface area contributed by atoms with Gasteiger partial charge in [0.05, 0.1) is 12.8 Å². The van der Waals surface area contributed by atoms with Crippen LogP contribution in [0.1, 0.15) is 0 Å². The highest BCUT2D eigenvalue weighted by Gasteiger charge is 2.21. The van der Waals surface area contributed by atoms with Gasteiger partial charge in [-0.15, -0.1) is 0 Å². The second-order valence-corrected chi connectivity index (χ2v) is 4.88. The summed E-state index contributed by atoms with van der Waals surface area (Å²) in [7, 11) is 0.802. The first-order valence-corrected chi connectivity index (χ1v) is 6.02. The van der Waals surface area contributed by atoms with Gasteiger partial charge in [-0.3, -0.25) is 14.1 Å². The summed E-state index contributed by atoms with van der Waals surface area (Å²) in [5.74, 6) is 0.490. The van der Waals surface area contributed by atoms with Crippen LogP contribution < -0.4 is 15.6 Å². The molecule has 16 heavy (non-hydrogen) atoms. The summed E-state index contributed by atoms with van der Waals surface area (Å²) < 4.78 is 26.3. The molecule has 0 radical (unpaired) electrons. The first-order valence-electron chi connectivity index (χ1n) is 4.48. The Balaban J connectivity index is 2.94. The summed E-state index contributed by atoms with van der Waals surface area (Å²) in [5.41, 5.74) is 6.68. The molecule has 90 valence electrons. The molecule has 0 aliphatic carbocycles. The van der Waals surface area contributed by atoms with Gasteiger partial charge in [0.25, 0.3) is 0 Å². The molecular weight excluding hydrogens is 231 g/mol. The Morgan fingerprint density at radius 2 is 1.88 bits per heavy atom. The Morgan fingerprint density at radius 1 is 1.25 bits per heavy atom. The number of nitrogens with one attached hydrogen (secondary N) is 1. The van der Waals surface area contributed by atoms with Gasteiger partial charge >= 0.3 is 7.75 Å². The lowest BCUT2D eigenvalue weighted by Crippen LogP contribution is -2.01. The highest BCUT2D eigenvalue weighted by Crippen LogP contribution is 2.46. The van der Waals surface area contributed by atoms with Crippen LogP contribution in [0.3, 0.4) is 0 Å². The Morgan fingerprint density at radius 3 is 2.38 bits per heavy atom. The number of ether oxygens (including phenoxy) is 1. The molecule has 1 aromatic rings. The minimum absolute atomic E-state index is 0.490. The van der Waals surface area contributed by atoms with Crippen molar-refractivity contribution in [2.24, 2.45) is 0 Å². The Bertz CT molecular complexity index is 402. The fourth-order valence-electron chi connectivity index (χ4n) is 1.10. The molecule has 7 heteroatoms. The van der Waals surface area contributed by atoms with Crippen molar-refractivity contribution in [1.82, 2.24) is 0 Å². The van der Waals surface area contributed by atoms with E-state index in [0.717, 1.165) is 0 Å². The molecule has 3 N–H and O–H groups in total. The maximum absolute atomic E-state index is 11.8. The first kappa shape index (κ1) is 12.8. The second kappa shape index (κ2) is 5.21. The average Bonchev–Trinajstić information content (AvgIpc) is 2.31. The van der Waals surface area contributed by atoms with Gasteiger partial charge in [0.1, 0.15) is 5.75 Å². The van der Waals surface area contributed by atoms with E-state index in [1.807, 2.05) is 0 Å². The predicted molar refractivity (Wildman–Crippen MR) is 62.7 cm³/mol. The molecule has 0 aliphatic rings. The quantitative estimate of drug-likeness (QED) is 0.611. The van der Waals surface area contributed by atoms with Crippen molar-refractivity contribution in [2.45, 2.75) is 0 Å². The molecule has 0 heterocycles. The molecule has 0 spiro atoms. The summed E-state index contributed by atoms with van der Waals surface area (Å²) >= 11 is 0. The van der Waals surface area contributed by atoms with E-state index in [2.05, 4.69) is 5.09 Å². The normalized spacial score (nSPS) is 11.2. The number of nitrogens with two attached hydrogens (primary N) is 1. The van der Waals surface area contributed by atoms with Gasteiger partial charge in [-0.2, -0.15) is 0 Å². The summed E-state index contributed by atoms with van der Waals surface area (Å²) in [5, 5.41) is 2.63. The van der Waals surface area contributed by atoms with Crippen molar-refractivity contribution < 1.29 is 18.3 Å². The lowest BCUT2D eigenvalue weighted by atomic mass is 10.3. The minimum Gasteiger partial charge on any atom is -0.495 e. The largest absolute Gasteiger partial charge is 0.495 e. The van der Waals surface area contributed by atoms with E-state index in [1.165, 1.54) is 21.3 Å². The van der Waals surface area contributed by atoms with Crippen LogP contribution in [0.4, 0.5) is 11.4 Å². The summed E-state index contributed by atoms with van der Waals surface area (Å²) in [4.78, 5) is 0. The molecule has 0 fully saturated rings. The fourth-order valence-corrected chi connectivity index (χ4v) is 1.89. The Labute approximate surface area is 94.3 Å². The highest BCUT2D eigenvalue weighted by atomic mass is 31.2. The van der Waals surface area contributed by atoms with Crippen LogP contribution in [0.15, 0.2) is 18.2 Å². The molecule has 0 aromatic heterocycles. The van der Waals surface area contributed by atoms with Crippen molar-refractivity contribution in [3.63, 3.8) is 0 Å². The van der Waals surface area contributed by atoms with E-state index in [0.29, 0.717) is 17.1 Å². The molecule has 0 saturated heterocycles. The smallest absolute Gasteiger partial charge is 0.432 e. The molecule has 0 saturated carbocycles. The van der Waals surface area contributed by atoms with Gasteiger partial charge in [-0.25, -0.2) is 4.57 Å². The number of rotatable bonds is 5. The minimum atomic E-state index is -3.29. The van der Waals surface area contributed by atoms with Gasteiger partial charge in [0.2, 0.25) is 0 Å². The van der Waals surface area contributed by atoms with E-state index in [1.54, 1.807) is 18.2 Å². The first-order chi connectivity index (χ1) is 7.54. The van der Waals surface area contributed by atoms with Crippen LogP contribution in [0.5, 0.6) is 5.75 Å². The van der Waals surface area contributed by atoms with Crippen LogP contribution in [0.2, 0.25) is 0 Å². The molecular formula is C9H15N2O4P. The third kappa shape index (κ3) is 2.88. The van der Waals surface area contributed by atoms with E-state index in [9.17, 15) is 4.57 Å². The number of hydrogen-bond acceptors (Lipinski definition) is 5. The van der Waals surface area contributed by atoms with E-state index < -0.39 is 7.75 Å². The third-order valence-electron chi connectivity index (χ3n) is 1.98. The highest BCUT2D eigenvalue weighted by molar-refractivity contribution is 7.55. The standard InChI is InChI=1S/C9H15N2O4P/c1-13-9-6-7(4-5-8(9)10)11-16(12,14-2)15-3/h4-6H,10H2,1-3H3,(H,11,12). The van der Waals surface area contributed by atoms with Crippen LogP contribution >= 0.6 is 7.75 Å². The van der Waals surface area contributed by atoms with Crippen molar-refractivity contribution in [2.75, 3.05) is 32.2 Å². The van der Waals surface area contributed by atoms with E-state index >= 15 is 0 Å². The number of methoxy groups -OCH3 is 1. The number of hydrogen-bond donors (Lipinski definition) is 2. The lowest BCUT2D eigenvalue weighted by molar-refractivity contribution is 0.281. The van der Waals surface area contributed by atoms with Crippen molar-refractivity contribution in [3.8, 4) is 5.75 Å². The van der Waals surface area contributed by atoms with Crippen LogP contribution in [0.25, 0.3) is 0 Å². The average molecular weight is 246 g/mol. The van der Waals surface area contributed by atoms with Gasteiger partial charge in [0, 0.05) is 26.0 Å². The van der Waals surface area contributed by atoms with E-state index in [-0.39, 0.29) is 0 Å². The van der Waals surface area contributed by atoms with Gasteiger partial charge in [-0.05, 0) is 12.1 Å². The molecule has 6 nitrogen and oxygen atoms in total. The van der Waals surface area contributed by atoms with Gasteiger partial charge in [0.15, 0.2) is 0 Å². The van der Waals surface area contributed by atoms with Crippen molar-refractivity contribution in [3.05, 3.63) is 18.2 Å². The zero-order valence-corrected chi connectivity index (χ0v) is 10.3. The Hall–Kier alpha value is -1.23. The molecule has 0 amide bonds. The molecule has 0 aliphatic heterocycles. The summed E-state index contributed by atoms with van der Waals surface area (Å²) in [6.07, 6.45) is 0. The predicted octanol–water partition coefficient (Wildman–Crippen LogP) is 2.09. The zero-order valence-electron chi connectivity index (χ0n) is 9.39. The molecule has 0 bridgehead atoms. The molecule has 1 rings (SSSR count).